The van der Waals surface area contributed by atoms with Gasteiger partial charge in [0.2, 0.25) is 5.95 Å². The minimum Gasteiger partial charge on any atom is -0.366 e. The maximum Gasteiger partial charge on any atom is 0.229 e. The molecule has 0 aliphatic carbocycles. The molecule has 116 valence electrons. The smallest absolute Gasteiger partial charge is 0.229 e. The van der Waals surface area contributed by atoms with Gasteiger partial charge < -0.3 is 10.6 Å². The molecule has 4 nitrogen and oxygen atoms in total. The third-order valence-corrected chi connectivity index (χ3v) is 3.79. The predicted octanol–water partition coefficient (Wildman–Crippen LogP) is 4.90. The van der Waals surface area contributed by atoms with Gasteiger partial charge in [-0.3, -0.25) is 0 Å². The summed E-state index contributed by atoms with van der Waals surface area (Å²) < 4.78 is 1.01. The normalized spacial score (nSPS) is 10.3. The number of halogens is 1. The second kappa shape index (κ2) is 7.24. The molecule has 0 aliphatic heterocycles. The van der Waals surface area contributed by atoms with Gasteiger partial charge in [0.1, 0.15) is 5.82 Å². The standard InChI is InChI=1S/C18H17BrN4/c1-13-4-2-5-14(10-13)12-21-17-8-9-20-18(23-17)22-16-7-3-6-15(19)11-16/h2-11H,12H2,1H3,(H2,20,21,22,23). The summed E-state index contributed by atoms with van der Waals surface area (Å²) in [5.41, 5.74) is 3.42. The number of nitrogens with one attached hydrogen (secondary N) is 2. The van der Waals surface area contributed by atoms with Gasteiger partial charge in [-0.15, -0.1) is 0 Å². The fourth-order valence-corrected chi connectivity index (χ4v) is 2.63. The molecular formula is C18H17BrN4. The van der Waals surface area contributed by atoms with Gasteiger partial charge in [-0.05, 0) is 36.8 Å². The van der Waals surface area contributed by atoms with Crippen molar-refractivity contribution in [3.05, 3.63) is 76.4 Å². The van der Waals surface area contributed by atoms with Crippen LogP contribution in [-0.4, -0.2) is 9.97 Å². The van der Waals surface area contributed by atoms with Crippen LogP contribution in [0.4, 0.5) is 17.5 Å². The average molecular weight is 369 g/mol. The largest absolute Gasteiger partial charge is 0.366 e. The molecule has 1 heterocycles. The molecule has 0 radical (unpaired) electrons. The number of nitrogens with zero attached hydrogens (tertiary/aromatic N) is 2. The van der Waals surface area contributed by atoms with E-state index in [2.05, 4.69) is 67.7 Å². The molecule has 23 heavy (non-hydrogen) atoms. The summed E-state index contributed by atoms with van der Waals surface area (Å²) in [7, 11) is 0. The van der Waals surface area contributed by atoms with E-state index in [1.807, 2.05) is 30.3 Å². The molecule has 3 aromatic rings. The lowest BCUT2D eigenvalue weighted by atomic mass is 10.1. The van der Waals surface area contributed by atoms with Crippen LogP contribution in [0.25, 0.3) is 0 Å². The van der Waals surface area contributed by atoms with Crippen molar-refractivity contribution in [1.82, 2.24) is 9.97 Å². The van der Waals surface area contributed by atoms with Gasteiger partial charge in [0.05, 0.1) is 0 Å². The highest BCUT2D eigenvalue weighted by Crippen LogP contribution is 2.19. The van der Waals surface area contributed by atoms with Crippen molar-refractivity contribution >= 4 is 33.4 Å². The van der Waals surface area contributed by atoms with Crippen molar-refractivity contribution in [3.63, 3.8) is 0 Å². The van der Waals surface area contributed by atoms with Crippen LogP contribution in [-0.2, 0) is 6.54 Å². The summed E-state index contributed by atoms with van der Waals surface area (Å²) in [6.07, 6.45) is 1.74. The first-order valence-corrected chi connectivity index (χ1v) is 8.13. The molecule has 0 bridgehead atoms. The van der Waals surface area contributed by atoms with Gasteiger partial charge in [0.25, 0.3) is 0 Å². The highest BCUT2D eigenvalue weighted by Gasteiger charge is 2.01. The fourth-order valence-electron chi connectivity index (χ4n) is 2.23. The van der Waals surface area contributed by atoms with E-state index in [0.717, 1.165) is 22.5 Å². The first kappa shape index (κ1) is 15.5. The fraction of sp³-hybridized carbons (Fsp3) is 0.111. The van der Waals surface area contributed by atoms with Crippen LogP contribution in [0.15, 0.2) is 65.3 Å². The van der Waals surface area contributed by atoms with Crippen molar-refractivity contribution in [2.45, 2.75) is 13.5 Å². The maximum absolute atomic E-state index is 4.49. The Morgan fingerprint density at radius 1 is 1.04 bits per heavy atom. The Morgan fingerprint density at radius 2 is 1.91 bits per heavy atom. The maximum atomic E-state index is 4.49. The number of anilines is 3. The first-order valence-electron chi connectivity index (χ1n) is 7.34. The van der Waals surface area contributed by atoms with E-state index in [9.17, 15) is 0 Å². The summed E-state index contributed by atoms with van der Waals surface area (Å²) in [5, 5.41) is 6.53. The van der Waals surface area contributed by atoms with Crippen LogP contribution in [0.3, 0.4) is 0 Å². The summed E-state index contributed by atoms with van der Waals surface area (Å²) in [6.45, 7) is 2.82. The third-order valence-electron chi connectivity index (χ3n) is 3.29. The van der Waals surface area contributed by atoms with Gasteiger partial charge in [-0.2, -0.15) is 4.98 Å². The Labute approximate surface area is 144 Å². The number of rotatable bonds is 5. The van der Waals surface area contributed by atoms with Crippen LogP contribution in [0, 0.1) is 6.92 Å². The quantitative estimate of drug-likeness (QED) is 0.672. The van der Waals surface area contributed by atoms with Gasteiger partial charge in [-0.25, -0.2) is 4.98 Å². The lowest BCUT2D eigenvalue weighted by molar-refractivity contribution is 1.08. The summed E-state index contributed by atoms with van der Waals surface area (Å²) in [4.78, 5) is 8.74. The summed E-state index contributed by atoms with van der Waals surface area (Å²) in [5.74, 6) is 1.36. The van der Waals surface area contributed by atoms with Crippen LogP contribution < -0.4 is 10.6 Å². The minimum atomic E-state index is 0.567. The zero-order valence-electron chi connectivity index (χ0n) is 12.8. The van der Waals surface area contributed by atoms with Gasteiger partial charge >= 0.3 is 0 Å². The number of benzene rings is 2. The van der Waals surface area contributed by atoms with Gasteiger partial charge in [0, 0.05) is 22.9 Å². The van der Waals surface area contributed by atoms with E-state index >= 15 is 0 Å². The molecule has 0 aliphatic rings. The predicted molar refractivity (Wildman–Crippen MR) is 98.0 cm³/mol. The number of hydrogen-bond acceptors (Lipinski definition) is 4. The number of aromatic nitrogens is 2. The van der Waals surface area contributed by atoms with Crippen LogP contribution in [0.5, 0.6) is 0 Å². The highest BCUT2D eigenvalue weighted by molar-refractivity contribution is 9.10. The molecule has 0 saturated heterocycles. The number of aryl methyl sites for hydroxylation is 1. The Kier molecular flexibility index (Phi) is 4.88. The molecule has 2 N–H and O–H groups in total. The van der Waals surface area contributed by atoms with Crippen LogP contribution in [0.2, 0.25) is 0 Å². The zero-order valence-corrected chi connectivity index (χ0v) is 14.3. The molecule has 5 heteroatoms. The lowest BCUT2D eigenvalue weighted by Crippen LogP contribution is -2.04. The highest BCUT2D eigenvalue weighted by atomic mass is 79.9. The monoisotopic (exact) mass is 368 g/mol. The van der Waals surface area contributed by atoms with Crippen molar-refractivity contribution in [1.29, 1.82) is 0 Å². The average Bonchev–Trinajstić information content (AvgIpc) is 2.53. The molecule has 0 unspecified atom stereocenters. The van der Waals surface area contributed by atoms with Crippen molar-refractivity contribution in [2.75, 3.05) is 10.6 Å². The SMILES string of the molecule is Cc1cccc(CNc2ccnc(Nc3cccc(Br)c3)n2)c1. The Morgan fingerprint density at radius 3 is 2.74 bits per heavy atom. The van der Waals surface area contributed by atoms with E-state index in [4.69, 9.17) is 0 Å². The molecule has 2 aromatic carbocycles. The van der Waals surface area contributed by atoms with Crippen LogP contribution >= 0.6 is 15.9 Å². The van der Waals surface area contributed by atoms with Crippen molar-refractivity contribution < 1.29 is 0 Å². The summed E-state index contributed by atoms with van der Waals surface area (Å²) in [6, 6.07) is 18.2. The molecule has 0 saturated carbocycles. The lowest BCUT2D eigenvalue weighted by Gasteiger charge is -2.09. The third kappa shape index (κ3) is 4.53. The Hall–Kier alpha value is -2.40. The zero-order chi connectivity index (χ0) is 16.1. The first-order chi connectivity index (χ1) is 11.2. The van der Waals surface area contributed by atoms with E-state index in [-0.39, 0.29) is 0 Å². The number of hydrogen-bond donors (Lipinski definition) is 2. The van der Waals surface area contributed by atoms with E-state index < -0.39 is 0 Å². The topological polar surface area (TPSA) is 49.8 Å². The van der Waals surface area contributed by atoms with Crippen molar-refractivity contribution in [3.8, 4) is 0 Å². The molecule has 0 fully saturated rings. The molecule has 3 rings (SSSR count). The minimum absolute atomic E-state index is 0.567. The van der Waals surface area contributed by atoms with Gasteiger partial charge in [0.15, 0.2) is 0 Å². The van der Waals surface area contributed by atoms with E-state index in [0.29, 0.717) is 5.95 Å². The Bertz CT molecular complexity index is 804. The second-order valence-electron chi connectivity index (χ2n) is 5.24. The Balaban J connectivity index is 1.67. The van der Waals surface area contributed by atoms with Crippen LogP contribution in [0.1, 0.15) is 11.1 Å². The molecule has 1 aromatic heterocycles. The second-order valence-corrected chi connectivity index (χ2v) is 6.16. The van der Waals surface area contributed by atoms with E-state index in [1.165, 1.54) is 11.1 Å². The van der Waals surface area contributed by atoms with Gasteiger partial charge in [-0.1, -0.05) is 51.8 Å². The van der Waals surface area contributed by atoms with Crippen molar-refractivity contribution in [2.24, 2.45) is 0 Å². The van der Waals surface area contributed by atoms with E-state index in [1.54, 1.807) is 6.20 Å². The molecule has 0 amide bonds. The summed E-state index contributed by atoms with van der Waals surface area (Å²) >= 11 is 3.45. The molecular weight excluding hydrogens is 352 g/mol. The molecule has 0 spiro atoms. The molecule has 0 atom stereocenters.